The van der Waals surface area contributed by atoms with Crippen LogP contribution >= 0.6 is 0 Å². The first-order chi connectivity index (χ1) is 8.47. The van der Waals surface area contributed by atoms with Gasteiger partial charge in [-0.1, -0.05) is 30.3 Å². The fraction of sp³-hybridized carbons (Fsp3) is 0.462. The number of nitrogens with one attached hydrogen (secondary N) is 1. The predicted octanol–water partition coefficient (Wildman–Crippen LogP) is 1.85. The Morgan fingerprint density at radius 2 is 1.94 bits per heavy atom. The molecule has 0 saturated heterocycles. The molecule has 1 amide bonds. The minimum atomic E-state index is -2.97. The number of alkyl halides is 2. The van der Waals surface area contributed by atoms with E-state index in [0.29, 0.717) is 6.54 Å². The van der Waals surface area contributed by atoms with Crippen LogP contribution in [0.15, 0.2) is 30.3 Å². The monoisotopic (exact) mass is 256 g/mol. The number of carbonyl (C=O) groups excluding carboxylic acids is 1. The molecule has 0 saturated carbocycles. The molecule has 1 aromatic carbocycles. The summed E-state index contributed by atoms with van der Waals surface area (Å²) in [7, 11) is 1.64. The van der Waals surface area contributed by atoms with Gasteiger partial charge in [-0.3, -0.25) is 4.79 Å². The molecule has 0 aliphatic heterocycles. The second-order valence-electron chi connectivity index (χ2n) is 4.08. The van der Waals surface area contributed by atoms with Gasteiger partial charge in [-0.25, -0.2) is 0 Å². The Balaban J connectivity index is 2.46. The van der Waals surface area contributed by atoms with Crippen molar-refractivity contribution in [3.8, 4) is 0 Å². The summed E-state index contributed by atoms with van der Waals surface area (Å²) in [5, 5.41) is 2.50. The minimum absolute atomic E-state index is 0.0474. The average Bonchev–Trinajstić information content (AvgIpc) is 2.38. The normalized spacial score (nSPS) is 11.3. The van der Waals surface area contributed by atoms with Gasteiger partial charge in [0.15, 0.2) is 0 Å². The second-order valence-corrected chi connectivity index (χ2v) is 4.08. The van der Waals surface area contributed by atoms with E-state index in [1.165, 1.54) is 17.0 Å². The SMILES string of the molecule is CCN(C)C(=O)CNCC(F)(F)c1ccccc1. The Bertz CT molecular complexity index is 382. The van der Waals surface area contributed by atoms with E-state index in [-0.39, 0.29) is 18.0 Å². The van der Waals surface area contributed by atoms with Gasteiger partial charge >= 0.3 is 0 Å². The highest BCUT2D eigenvalue weighted by molar-refractivity contribution is 5.77. The molecular weight excluding hydrogens is 238 g/mol. The smallest absolute Gasteiger partial charge is 0.285 e. The van der Waals surface area contributed by atoms with Gasteiger partial charge in [0, 0.05) is 19.2 Å². The number of hydrogen-bond acceptors (Lipinski definition) is 2. The molecule has 1 N–H and O–H groups in total. The van der Waals surface area contributed by atoms with Crippen LogP contribution in [0.2, 0.25) is 0 Å². The van der Waals surface area contributed by atoms with E-state index in [1.807, 2.05) is 6.92 Å². The van der Waals surface area contributed by atoms with Gasteiger partial charge in [-0.05, 0) is 6.92 Å². The Kier molecular flexibility index (Phi) is 5.22. The molecule has 1 rings (SSSR count). The number of rotatable bonds is 6. The van der Waals surface area contributed by atoms with Crippen LogP contribution in [0, 0.1) is 0 Å². The fourth-order valence-corrected chi connectivity index (χ4v) is 1.42. The number of benzene rings is 1. The summed E-state index contributed by atoms with van der Waals surface area (Å²) in [5.41, 5.74) is -0.0474. The molecule has 0 unspecified atom stereocenters. The summed E-state index contributed by atoms with van der Waals surface area (Å²) in [5.74, 6) is -3.16. The van der Waals surface area contributed by atoms with Gasteiger partial charge in [0.05, 0.1) is 13.1 Å². The predicted molar refractivity (Wildman–Crippen MR) is 66.5 cm³/mol. The maximum absolute atomic E-state index is 13.7. The van der Waals surface area contributed by atoms with Crippen molar-refractivity contribution >= 4 is 5.91 Å². The molecule has 18 heavy (non-hydrogen) atoms. The maximum Gasteiger partial charge on any atom is 0.285 e. The molecular formula is C13H18F2N2O. The summed E-state index contributed by atoms with van der Waals surface area (Å²) in [4.78, 5) is 12.9. The number of carbonyl (C=O) groups is 1. The standard InChI is InChI=1S/C13H18F2N2O/c1-3-17(2)12(18)9-16-10-13(14,15)11-7-5-4-6-8-11/h4-8,16H,3,9-10H2,1-2H3. The van der Waals surface area contributed by atoms with Crippen molar-refractivity contribution in [2.45, 2.75) is 12.8 Å². The van der Waals surface area contributed by atoms with Crippen molar-refractivity contribution in [2.24, 2.45) is 0 Å². The molecule has 0 heterocycles. The molecule has 5 heteroatoms. The topological polar surface area (TPSA) is 32.3 Å². The van der Waals surface area contributed by atoms with Gasteiger partial charge in [-0.2, -0.15) is 8.78 Å². The van der Waals surface area contributed by atoms with E-state index in [9.17, 15) is 13.6 Å². The average molecular weight is 256 g/mol. The molecule has 100 valence electrons. The first kappa shape index (κ1) is 14.6. The molecule has 0 bridgehead atoms. The Morgan fingerprint density at radius 1 is 1.33 bits per heavy atom. The van der Waals surface area contributed by atoms with Crippen molar-refractivity contribution < 1.29 is 13.6 Å². The third kappa shape index (κ3) is 4.07. The third-order valence-electron chi connectivity index (χ3n) is 2.72. The van der Waals surface area contributed by atoms with Crippen molar-refractivity contribution in [1.29, 1.82) is 0 Å². The summed E-state index contributed by atoms with van der Waals surface area (Å²) in [6, 6.07) is 7.58. The number of amides is 1. The van der Waals surface area contributed by atoms with Crippen LogP contribution in [0.25, 0.3) is 0 Å². The lowest BCUT2D eigenvalue weighted by atomic mass is 10.1. The van der Waals surface area contributed by atoms with E-state index < -0.39 is 12.5 Å². The van der Waals surface area contributed by atoms with E-state index in [1.54, 1.807) is 25.2 Å². The van der Waals surface area contributed by atoms with Crippen molar-refractivity contribution in [2.75, 3.05) is 26.7 Å². The first-order valence-corrected chi connectivity index (χ1v) is 5.85. The molecule has 0 fully saturated rings. The lowest BCUT2D eigenvalue weighted by Gasteiger charge is -2.19. The minimum Gasteiger partial charge on any atom is -0.345 e. The number of halogens is 2. The zero-order valence-corrected chi connectivity index (χ0v) is 10.6. The van der Waals surface area contributed by atoms with Gasteiger partial charge in [0.25, 0.3) is 5.92 Å². The molecule has 1 aromatic rings. The summed E-state index contributed by atoms with van der Waals surface area (Å²) in [6.45, 7) is 1.78. The highest BCUT2D eigenvalue weighted by Crippen LogP contribution is 2.26. The second kappa shape index (κ2) is 6.44. The Hall–Kier alpha value is -1.49. The van der Waals surface area contributed by atoms with Crippen LogP contribution < -0.4 is 5.32 Å². The zero-order chi connectivity index (χ0) is 13.6. The molecule has 3 nitrogen and oxygen atoms in total. The molecule has 0 aliphatic carbocycles. The summed E-state index contributed by atoms with van der Waals surface area (Å²) in [6.07, 6.45) is 0. The Morgan fingerprint density at radius 3 is 2.50 bits per heavy atom. The molecule has 0 spiro atoms. The lowest BCUT2D eigenvalue weighted by molar-refractivity contribution is -0.129. The van der Waals surface area contributed by atoms with Crippen LogP contribution in [0.1, 0.15) is 12.5 Å². The maximum atomic E-state index is 13.7. The number of nitrogens with zero attached hydrogens (tertiary/aromatic N) is 1. The van der Waals surface area contributed by atoms with Crippen LogP contribution in [-0.2, 0) is 10.7 Å². The molecule has 0 radical (unpaired) electrons. The first-order valence-electron chi connectivity index (χ1n) is 5.85. The van der Waals surface area contributed by atoms with E-state index in [0.717, 1.165) is 0 Å². The molecule has 0 atom stereocenters. The Labute approximate surface area is 106 Å². The van der Waals surface area contributed by atoms with E-state index in [4.69, 9.17) is 0 Å². The van der Waals surface area contributed by atoms with Crippen molar-refractivity contribution in [1.82, 2.24) is 10.2 Å². The fourth-order valence-electron chi connectivity index (χ4n) is 1.42. The van der Waals surface area contributed by atoms with Crippen LogP contribution in [0.5, 0.6) is 0 Å². The van der Waals surface area contributed by atoms with E-state index >= 15 is 0 Å². The lowest BCUT2D eigenvalue weighted by Crippen LogP contribution is -2.39. The van der Waals surface area contributed by atoms with Crippen LogP contribution in [0.3, 0.4) is 0 Å². The number of hydrogen-bond donors (Lipinski definition) is 1. The zero-order valence-electron chi connectivity index (χ0n) is 10.6. The highest BCUT2D eigenvalue weighted by Gasteiger charge is 2.30. The quantitative estimate of drug-likeness (QED) is 0.842. The molecule has 0 aromatic heterocycles. The van der Waals surface area contributed by atoms with Gasteiger partial charge in [0.2, 0.25) is 5.91 Å². The molecule has 0 aliphatic rings. The van der Waals surface area contributed by atoms with E-state index in [2.05, 4.69) is 5.32 Å². The van der Waals surface area contributed by atoms with Gasteiger partial charge in [-0.15, -0.1) is 0 Å². The highest BCUT2D eigenvalue weighted by atomic mass is 19.3. The van der Waals surface area contributed by atoms with Gasteiger partial charge < -0.3 is 10.2 Å². The van der Waals surface area contributed by atoms with Gasteiger partial charge in [0.1, 0.15) is 0 Å². The summed E-state index contributed by atoms with van der Waals surface area (Å²) < 4.78 is 27.4. The van der Waals surface area contributed by atoms with Crippen LogP contribution in [-0.4, -0.2) is 37.5 Å². The summed E-state index contributed by atoms with van der Waals surface area (Å²) >= 11 is 0. The largest absolute Gasteiger partial charge is 0.345 e. The third-order valence-corrected chi connectivity index (χ3v) is 2.72. The number of likely N-dealkylation sites (N-methyl/N-ethyl adjacent to an activating group) is 1. The van der Waals surface area contributed by atoms with Crippen LogP contribution in [0.4, 0.5) is 8.78 Å². The van der Waals surface area contributed by atoms with Crippen molar-refractivity contribution in [3.63, 3.8) is 0 Å². The van der Waals surface area contributed by atoms with Crippen molar-refractivity contribution in [3.05, 3.63) is 35.9 Å².